The molecule has 0 spiro atoms. The number of aromatic nitrogens is 2. The summed E-state index contributed by atoms with van der Waals surface area (Å²) in [4.78, 5) is 4.76. The summed E-state index contributed by atoms with van der Waals surface area (Å²) in [6.07, 6.45) is 1.88. The van der Waals surface area contributed by atoms with Crippen LogP contribution in [0.15, 0.2) is 42.6 Å². The molecule has 5 heteroatoms. The van der Waals surface area contributed by atoms with Crippen LogP contribution in [0.3, 0.4) is 0 Å². The topological polar surface area (TPSA) is 52.5 Å². The normalized spacial score (nSPS) is 12.5. The largest absolute Gasteiger partial charge is 0.497 e. The molecule has 22 heavy (non-hydrogen) atoms. The molecule has 1 unspecified atom stereocenters. The summed E-state index contributed by atoms with van der Waals surface area (Å²) in [5.74, 6) is 0.966. The average Bonchev–Trinajstić information content (AvgIpc) is 2.92. The van der Waals surface area contributed by atoms with Crippen LogP contribution < -0.4 is 10.5 Å². The molecule has 2 aromatic heterocycles. The van der Waals surface area contributed by atoms with Crippen molar-refractivity contribution < 1.29 is 4.74 Å². The molecule has 2 heterocycles. The highest BCUT2D eigenvalue weighted by Gasteiger charge is 2.19. The quantitative estimate of drug-likeness (QED) is 0.798. The third-order valence-electron chi connectivity index (χ3n) is 3.78. The third-order valence-corrected chi connectivity index (χ3v) is 4.01. The summed E-state index contributed by atoms with van der Waals surface area (Å²) in [5.41, 5.74) is 9.74. The van der Waals surface area contributed by atoms with Gasteiger partial charge < -0.3 is 14.9 Å². The minimum Gasteiger partial charge on any atom is -0.497 e. The number of imidazole rings is 1. The Kier molecular flexibility index (Phi) is 4.05. The van der Waals surface area contributed by atoms with Crippen LogP contribution in [0.5, 0.6) is 5.75 Å². The van der Waals surface area contributed by atoms with Crippen molar-refractivity contribution >= 4 is 17.2 Å². The predicted octanol–water partition coefficient (Wildman–Crippen LogP) is 3.73. The van der Waals surface area contributed by atoms with Crippen molar-refractivity contribution in [3.05, 3.63) is 53.3 Å². The van der Waals surface area contributed by atoms with E-state index >= 15 is 0 Å². The summed E-state index contributed by atoms with van der Waals surface area (Å²) in [7, 11) is 1.66. The van der Waals surface area contributed by atoms with Gasteiger partial charge in [-0.1, -0.05) is 30.7 Å². The molecule has 1 atom stereocenters. The van der Waals surface area contributed by atoms with Crippen molar-refractivity contribution in [2.45, 2.75) is 12.8 Å². The van der Waals surface area contributed by atoms with Crippen LogP contribution in [0, 0.1) is 0 Å². The van der Waals surface area contributed by atoms with Gasteiger partial charge in [-0.2, -0.15) is 0 Å². The fourth-order valence-electron chi connectivity index (χ4n) is 2.60. The van der Waals surface area contributed by atoms with Crippen LogP contribution in [0.2, 0.25) is 5.02 Å². The highest BCUT2D eigenvalue weighted by Crippen LogP contribution is 2.32. The third kappa shape index (κ3) is 2.56. The lowest BCUT2D eigenvalue weighted by Crippen LogP contribution is -2.12. The molecule has 3 rings (SSSR count). The zero-order valence-corrected chi connectivity index (χ0v) is 13.3. The Morgan fingerprint density at radius 3 is 2.86 bits per heavy atom. The smallest absolute Gasteiger partial charge is 0.137 e. The Hall–Kier alpha value is -2.04. The van der Waals surface area contributed by atoms with Crippen LogP contribution in [0.25, 0.3) is 16.9 Å². The molecule has 0 amide bonds. The number of fused-ring (bicyclic) bond motifs is 1. The molecule has 0 fully saturated rings. The van der Waals surface area contributed by atoms with Gasteiger partial charge in [0.25, 0.3) is 0 Å². The number of hydrogen-bond donors (Lipinski definition) is 1. The molecule has 0 aliphatic heterocycles. The van der Waals surface area contributed by atoms with E-state index in [4.69, 9.17) is 27.1 Å². The van der Waals surface area contributed by atoms with Gasteiger partial charge in [-0.15, -0.1) is 0 Å². The summed E-state index contributed by atoms with van der Waals surface area (Å²) < 4.78 is 7.34. The fourth-order valence-corrected chi connectivity index (χ4v) is 2.76. The van der Waals surface area contributed by atoms with Gasteiger partial charge in [0, 0.05) is 24.2 Å². The van der Waals surface area contributed by atoms with Gasteiger partial charge in [-0.25, -0.2) is 4.98 Å². The molecule has 0 aliphatic rings. The Morgan fingerprint density at radius 2 is 2.14 bits per heavy atom. The van der Waals surface area contributed by atoms with E-state index in [1.165, 1.54) is 0 Å². The molecule has 0 saturated carbocycles. The second-order valence-corrected chi connectivity index (χ2v) is 5.73. The van der Waals surface area contributed by atoms with Gasteiger partial charge in [0.15, 0.2) is 0 Å². The first-order valence-corrected chi connectivity index (χ1v) is 7.54. The number of nitrogens with zero attached hydrogens (tertiary/aromatic N) is 2. The maximum absolute atomic E-state index is 6.14. The van der Waals surface area contributed by atoms with E-state index in [9.17, 15) is 0 Å². The monoisotopic (exact) mass is 315 g/mol. The van der Waals surface area contributed by atoms with E-state index in [1.54, 1.807) is 7.11 Å². The molecule has 0 bridgehead atoms. The van der Waals surface area contributed by atoms with Gasteiger partial charge in [0.2, 0.25) is 0 Å². The van der Waals surface area contributed by atoms with E-state index in [0.717, 1.165) is 28.3 Å². The molecule has 3 aromatic rings. The second-order valence-electron chi connectivity index (χ2n) is 5.29. The second kappa shape index (κ2) is 5.99. The Morgan fingerprint density at radius 1 is 1.32 bits per heavy atom. The number of methoxy groups -OCH3 is 1. The van der Waals surface area contributed by atoms with Crippen molar-refractivity contribution in [1.82, 2.24) is 9.38 Å². The van der Waals surface area contributed by atoms with Gasteiger partial charge in [0.05, 0.1) is 23.5 Å². The summed E-state index contributed by atoms with van der Waals surface area (Å²) in [5, 5.41) is 0.674. The fraction of sp³-hybridized carbons (Fsp3) is 0.235. The van der Waals surface area contributed by atoms with Crippen molar-refractivity contribution in [1.29, 1.82) is 0 Å². The van der Waals surface area contributed by atoms with Gasteiger partial charge in [-0.3, -0.25) is 0 Å². The predicted molar refractivity (Wildman–Crippen MR) is 89.7 cm³/mol. The maximum Gasteiger partial charge on any atom is 0.137 e. The molecule has 0 saturated heterocycles. The first-order valence-electron chi connectivity index (χ1n) is 7.16. The minimum atomic E-state index is 0.162. The van der Waals surface area contributed by atoms with Gasteiger partial charge >= 0.3 is 0 Å². The number of pyridine rings is 1. The van der Waals surface area contributed by atoms with Crippen molar-refractivity contribution in [2.75, 3.05) is 13.7 Å². The molecular formula is C17H18ClN3O. The molecular weight excluding hydrogens is 298 g/mol. The van der Waals surface area contributed by atoms with Crippen LogP contribution in [-0.4, -0.2) is 23.0 Å². The van der Waals surface area contributed by atoms with Crippen molar-refractivity contribution in [3.63, 3.8) is 0 Å². The maximum atomic E-state index is 6.14. The Bertz CT molecular complexity index is 813. The Balaban J connectivity index is 2.27. The standard InChI is InChI=1S/C17H18ClN3O/c1-11(9-19)17-16(12-4-3-5-14(8-12)22-2)20-15-7-6-13(18)10-21(15)17/h3-8,10-11H,9,19H2,1-2H3. The zero-order chi connectivity index (χ0) is 15.7. The first-order chi connectivity index (χ1) is 10.6. The number of hydrogen-bond acceptors (Lipinski definition) is 3. The molecule has 2 N–H and O–H groups in total. The van der Waals surface area contributed by atoms with Crippen molar-refractivity contribution in [2.24, 2.45) is 5.73 Å². The number of rotatable bonds is 4. The molecule has 0 aliphatic carbocycles. The average molecular weight is 316 g/mol. The highest BCUT2D eigenvalue weighted by molar-refractivity contribution is 6.30. The minimum absolute atomic E-state index is 0.162. The summed E-state index contributed by atoms with van der Waals surface area (Å²) >= 11 is 6.14. The van der Waals surface area contributed by atoms with Crippen LogP contribution >= 0.6 is 11.6 Å². The van der Waals surface area contributed by atoms with E-state index < -0.39 is 0 Å². The molecule has 114 valence electrons. The van der Waals surface area contributed by atoms with E-state index in [2.05, 4.69) is 6.92 Å². The number of nitrogens with two attached hydrogens (primary N) is 1. The Labute approximate surface area is 134 Å². The van der Waals surface area contributed by atoms with Gasteiger partial charge in [0.1, 0.15) is 11.4 Å². The van der Waals surface area contributed by atoms with Gasteiger partial charge in [-0.05, 0) is 24.3 Å². The van der Waals surface area contributed by atoms with Crippen molar-refractivity contribution in [3.8, 4) is 17.0 Å². The molecule has 4 nitrogen and oxygen atoms in total. The highest BCUT2D eigenvalue weighted by atomic mass is 35.5. The van der Waals surface area contributed by atoms with E-state index in [-0.39, 0.29) is 5.92 Å². The summed E-state index contributed by atoms with van der Waals surface area (Å²) in [6.45, 7) is 2.63. The zero-order valence-electron chi connectivity index (χ0n) is 12.6. The van der Waals surface area contributed by atoms with Crippen LogP contribution in [-0.2, 0) is 0 Å². The lowest BCUT2D eigenvalue weighted by Gasteiger charge is -2.12. The number of benzene rings is 1. The SMILES string of the molecule is COc1cccc(-c2nc3ccc(Cl)cn3c2C(C)CN)c1. The van der Waals surface area contributed by atoms with Crippen LogP contribution in [0.4, 0.5) is 0 Å². The molecule has 0 radical (unpaired) electrons. The lowest BCUT2D eigenvalue weighted by atomic mass is 10.0. The van der Waals surface area contributed by atoms with E-state index in [1.807, 2.05) is 47.0 Å². The number of ether oxygens (including phenoxy) is 1. The van der Waals surface area contributed by atoms with E-state index in [0.29, 0.717) is 11.6 Å². The lowest BCUT2D eigenvalue weighted by molar-refractivity contribution is 0.415. The number of halogens is 1. The molecule has 1 aromatic carbocycles. The summed E-state index contributed by atoms with van der Waals surface area (Å²) in [6, 6.07) is 11.6. The first kappa shape index (κ1) is 14.9. The van der Waals surface area contributed by atoms with Crippen LogP contribution in [0.1, 0.15) is 18.5 Å².